The molecule has 4 heteroatoms. The predicted molar refractivity (Wildman–Crippen MR) is 69.5 cm³/mol. The highest BCUT2D eigenvalue weighted by molar-refractivity contribution is 6.63. The van der Waals surface area contributed by atoms with Crippen LogP contribution < -0.4 is 0 Å². The molecule has 0 aromatic rings. The third-order valence-electron chi connectivity index (χ3n) is 3.49. The van der Waals surface area contributed by atoms with Crippen LogP contribution in [-0.2, 0) is 8.85 Å². The zero-order valence-electron chi connectivity index (χ0n) is 11.5. The molecule has 0 bridgehead atoms. The van der Waals surface area contributed by atoms with Gasteiger partial charge in [0.05, 0.1) is 0 Å². The van der Waals surface area contributed by atoms with E-state index in [1.54, 1.807) is 0 Å². The highest BCUT2D eigenvalue weighted by Gasteiger charge is 2.45. The fourth-order valence-corrected chi connectivity index (χ4v) is 6.26. The molecular weight excluding hydrogens is 218 g/mol. The van der Waals surface area contributed by atoms with Gasteiger partial charge in [-0.15, -0.1) is 0 Å². The van der Waals surface area contributed by atoms with Gasteiger partial charge >= 0.3 is 8.72 Å². The van der Waals surface area contributed by atoms with Gasteiger partial charge in [0.2, 0.25) is 0 Å². The molecule has 0 spiro atoms. The van der Waals surface area contributed by atoms with Gasteiger partial charge in [0, 0.05) is 25.3 Å². The second-order valence-corrected chi connectivity index (χ2v) is 7.69. The van der Waals surface area contributed by atoms with E-state index in [1.165, 1.54) is 19.3 Å². The normalized spacial score (nSPS) is 28.3. The molecule has 1 aliphatic heterocycles. The molecule has 96 valence electrons. The maximum Gasteiger partial charge on any atom is 0.424 e. The molecule has 1 fully saturated rings. The van der Waals surface area contributed by atoms with Gasteiger partial charge in [-0.3, -0.25) is 4.57 Å². The van der Waals surface area contributed by atoms with Crippen LogP contribution in [0.1, 0.15) is 47.0 Å². The van der Waals surface area contributed by atoms with Crippen molar-refractivity contribution in [3.05, 3.63) is 0 Å². The van der Waals surface area contributed by atoms with Gasteiger partial charge in [0.1, 0.15) is 0 Å². The molecule has 0 N–H and O–H groups in total. The van der Waals surface area contributed by atoms with E-state index in [2.05, 4.69) is 38.8 Å². The minimum Gasteiger partial charge on any atom is -0.383 e. The Hall–Kier alpha value is 0.0969. The summed E-state index contributed by atoms with van der Waals surface area (Å²) in [5.41, 5.74) is 0. The molecule has 0 saturated carbocycles. The minimum atomic E-state index is -2.14. The summed E-state index contributed by atoms with van der Waals surface area (Å²) in [5.74, 6) is 0. The fraction of sp³-hybridized carbons (Fsp3) is 1.00. The van der Waals surface area contributed by atoms with Gasteiger partial charge in [-0.25, -0.2) is 0 Å². The molecule has 1 aliphatic rings. The number of piperidine rings is 1. The molecule has 0 aromatic carbocycles. The molecule has 3 nitrogen and oxygen atoms in total. The second-order valence-electron chi connectivity index (χ2n) is 4.80. The smallest absolute Gasteiger partial charge is 0.383 e. The summed E-state index contributed by atoms with van der Waals surface area (Å²) in [5, 5.41) is 0. The average molecular weight is 245 g/mol. The number of nitrogens with zero attached hydrogens (tertiary/aromatic N) is 1. The molecule has 0 radical (unpaired) electrons. The zero-order valence-corrected chi connectivity index (χ0v) is 12.5. The van der Waals surface area contributed by atoms with Gasteiger partial charge in [0.25, 0.3) is 0 Å². The van der Waals surface area contributed by atoms with Crippen LogP contribution in [0.5, 0.6) is 0 Å². The van der Waals surface area contributed by atoms with Gasteiger partial charge in [-0.05, 0) is 47.1 Å². The Bertz CT molecular complexity index is 197. The van der Waals surface area contributed by atoms with Crippen LogP contribution in [0.2, 0.25) is 6.55 Å². The maximum atomic E-state index is 5.99. The first kappa shape index (κ1) is 14.2. The van der Waals surface area contributed by atoms with Crippen LogP contribution in [0, 0.1) is 0 Å². The van der Waals surface area contributed by atoms with Crippen molar-refractivity contribution in [2.24, 2.45) is 0 Å². The van der Waals surface area contributed by atoms with E-state index in [-0.39, 0.29) is 0 Å². The lowest BCUT2D eigenvalue weighted by molar-refractivity contribution is 0.0703. The van der Waals surface area contributed by atoms with E-state index < -0.39 is 8.72 Å². The third-order valence-corrected chi connectivity index (χ3v) is 6.96. The molecule has 1 rings (SSSR count). The van der Waals surface area contributed by atoms with Crippen molar-refractivity contribution < 1.29 is 8.85 Å². The summed E-state index contributed by atoms with van der Waals surface area (Å²) in [4.78, 5) is 0. The Kier molecular flexibility index (Phi) is 5.44. The van der Waals surface area contributed by atoms with Gasteiger partial charge < -0.3 is 8.85 Å². The summed E-state index contributed by atoms with van der Waals surface area (Å²) in [6, 6.07) is 1.19. The largest absolute Gasteiger partial charge is 0.424 e. The van der Waals surface area contributed by atoms with Gasteiger partial charge in [-0.2, -0.15) is 0 Å². The number of hydrogen-bond acceptors (Lipinski definition) is 3. The van der Waals surface area contributed by atoms with Crippen molar-refractivity contribution in [2.45, 2.75) is 65.6 Å². The summed E-state index contributed by atoms with van der Waals surface area (Å²) in [6.07, 6.45) is 3.88. The van der Waals surface area contributed by atoms with Crippen LogP contribution in [-0.4, -0.2) is 38.6 Å². The topological polar surface area (TPSA) is 21.7 Å². The molecule has 1 heterocycles. The Labute approximate surface area is 101 Å². The van der Waals surface area contributed by atoms with Gasteiger partial charge in [-0.1, -0.05) is 6.42 Å². The van der Waals surface area contributed by atoms with E-state index in [0.717, 1.165) is 13.2 Å². The van der Waals surface area contributed by atoms with E-state index in [1.807, 2.05) is 0 Å². The molecule has 0 unspecified atom stereocenters. The highest BCUT2D eigenvalue weighted by Crippen LogP contribution is 2.29. The summed E-state index contributed by atoms with van der Waals surface area (Å²) in [6.45, 7) is 12.4. The molecule has 2 atom stereocenters. The van der Waals surface area contributed by atoms with E-state index in [9.17, 15) is 0 Å². The second kappa shape index (κ2) is 6.14. The molecule has 16 heavy (non-hydrogen) atoms. The predicted octanol–water partition coefficient (Wildman–Crippen LogP) is 2.89. The Balaban J connectivity index is 2.81. The molecule has 0 amide bonds. The van der Waals surface area contributed by atoms with E-state index in [0.29, 0.717) is 12.1 Å². The van der Waals surface area contributed by atoms with E-state index >= 15 is 0 Å². The fourth-order valence-electron chi connectivity index (χ4n) is 2.95. The van der Waals surface area contributed by atoms with Crippen molar-refractivity contribution in [3.8, 4) is 0 Å². The minimum absolute atomic E-state index is 0.596. The summed E-state index contributed by atoms with van der Waals surface area (Å²) < 4.78 is 14.5. The highest BCUT2D eigenvalue weighted by atomic mass is 28.4. The van der Waals surface area contributed by atoms with Crippen molar-refractivity contribution >= 4 is 8.72 Å². The standard InChI is InChI=1S/C12H27NO2Si/c1-6-14-16(5,15-7-2)13-11(3)9-8-10-12(13)4/h11-12H,6-10H2,1-5H3/t11-,12+. The monoisotopic (exact) mass is 245 g/mol. The molecular formula is C12H27NO2Si. The van der Waals surface area contributed by atoms with Crippen LogP contribution in [0.4, 0.5) is 0 Å². The third kappa shape index (κ3) is 3.06. The van der Waals surface area contributed by atoms with E-state index in [4.69, 9.17) is 8.85 Å². The lowest BCUT2D eigenvalue weighted by atomic mass is 10.0. The van der Waals surface area contributed by atoms with Crippen molar-refractivity contribution in [3.63, 3.8) is 0 Å². The number of rotatable bonds is 5. The zero-order chi connectivity index (χ0) is 12.2. The SMILES string of the molecule is CCO[Si](C)(OCC)N1[C@H](C)CCC[C@@H]1C. The maximum absolute atomic E-state index is 5.99. The first-order valence-corrected chi connectivity index (χ1v) is 8.87. The molecule has 0 aliphatic carbocycles. The van der Waals surface area contributed by atoms with Crippen molar-refractivity contribution in [1.82, 2.24) is 4.57 Å². The van der Waals surface area contributed by atoms with Gasteiger partial charge in [0.15, 0.2) is 0 Å². The summed E-state index contributed by atoms with van der Waals surface area (Å²) in [7, 11) is -2.14. The van der Waals surface area contributed by atoms with Crippen molar-refractivity contribution in [1.29, 1.82) is 0 Å². The quantitative estimate of drug-likeness (QED) is 0.695. The first-order chi connectivity index (χ1) is 7.55. The summed E-state index contributed by atoms with van der Waals surface area (Å²) >= 11 is 0. The lowest BCUT2D eigenvalue weighted by Crippen LogP contribution is -2.63. The molecule has 0 aromatic heterocycles. The Morgan fingerprint density at radius 1 is 1.06 bits per heavy atom. The van der Waals surface area contributed by atoms with Crippen LogP contribution in [0.3, 0.4) is 0 Å². The Morgan fingerprint density at radius 3 is 1.88 bits per heavy atom. The average Bonchev–Trinajstić information content (AvgIpc) is 2.17. The Morgan fingerprint density at radius 2 is 1.50 bits per heavy atom. The van der Waals surface area contributed by atoms with Crippen LogP contribution in [0.25, 0.3) is 0 Å². The van der Waals surface area contributed by atoms with Crippen LogP contribution in [0.15, 0.2) is 0 Å². The first-order valence-electron chi connectivity index (χ1n) is 6.61. The number of hydrogen-bond donors (Lipinski definition) is 0. The van der Waals surface area contributed by atoms with Crippen molar-refractivity contribution in [2.75, 3.05) is 13.2 Å². The molecule has 1 saturated heterocycles. The van der Waals surface area contributed by atoms with Crippen LogP contribution >= 0.6 is 0 Å². The lowest BCUT2D eigenvalue weighted by Gasteiger charge is -2.47.